The Kier molecular flexibility index (Phi) is 3.32. The molecule has 0 amide bonds. The lowest BCUT2D eigenvalue weighted by molar-refractivity contribution is 0.171. The summed E-state index contributed by atoms with van der Waals surface area (Å²) in [5, 5.41) is 4.22. The van der Waals surface area contributed by atoms with E-state index in [9.17, 15) is 0 Å². The Morgan fingerprint density at radius 2 is 2.11 bits per heavy atom. The van der Waals surface area contributed by atoms with Gasteiger partial charge in [0, 0.05) is 25.8 Å². The summed E-state index contributed by atoms with van der Waals surface area (Å²) in [7, 11) is 0. The second-order valence-corrected chi connectivity index (χ2v) is 4.70. The summed E-state index contributed by atoms with van der Waals surface area (Å²) < 4.78 is 1.98. The summed E-state index contributed by atoms with van der Waals surface area (Å²) in [4.78, 5) is 10.8. The van der Waals surface area contributed by atoms with E-state index in [1.807, 2.05) is 29.3 Å². The number of piperidine rings is 1. The van der Waals surface area contributed by atoms with Gasteiger partial charge in [-0.15, -0.1) is 0 Å². The average molecular weight is 243 g/mol. The zero-order chi connectivity index (χ0) is 12.2. The van der Waals surface area contributed by atoms with Crippen molar-refractivity contribution in [1.82, 2.24) is 24.6 Å². The van der Waals surface area contributed by atoms with Gasteiger partial charge in [0.25, 0.3) is 0 Å². The molecule has 1 saturated heterocycles. The molecule has 1 aliphatic heterocycles. The third kappa shape index (κ3) is 2.56. The van der Waals surface area contributed by atoms with E-state index in [4.69, 9.17) is 0 Å². The van der Waals surface area contributed by atoms with Crippen molar-refractivity contribution in [3.8, 4) is 0 Å². The molecule has 1 aliphatic rings. The number of hydrogen-bond donors (Lipinski definition) is 0. The summed E-state index contributed by atoms with van der Waals surface area (Å²) in [5.41, 5.74) is 1.15. The van der Waals surface area contributed by atoms with Crippen LogP contribution in [0.3, 0.4) is 0 Å². The van der Waals surface area contributed by atoms with E-state index in [0.29, 0.717) is 6.04 Å². The molecule has 1 fully saturated rings. The van der Waals surface area contributed by atoms with Crippen molar-refractivity contribution in [2.45, 2.75) is 25.4 Å². The smallest absolute Gasteiger partial charge is 0.137 e. The minimum absolute atomic E-state index is 0.507. The van der Waals surface area contributed by atoms with Crippen LogP contribution in [0.25, 0.3) is 0 Å². The van der Waals surface area contributed by atoms with Crippen LogP contribution in [0.2, 0.25) is 0 Å². The molecule has 0 saturated carbocycles. The summed E-state index contributed by atoms with van der Waals surface area (Å²) >= 11 is 0. The lowest BCUT2D eigenvalue weighted by Crippen LogP contribution is -2.34. The highest BCUT2D eigenvalue weighted by Gasteiger charge is 2.20. The van der Waals surface area contributed by atoms with Crippen molar-refractivity contribution in [2.75, 3.05) is 13.1 Å². The van der Waals surface area contributed by atoms with Crippen LogP contribution in [0.4, 0.5) is 0 Å². The minimum atomic E-state index is 0.507. The average Bonchev–Trinajstić information content (AvgIpc) is 2.95. The lowest BCUT2D eigenvalue weighted by Gasteiger charge is -2.31. The number of likely N-dealkylation sites (tertiary alicyclic amines) is 1. The topological polar surface area (TPSA) is 46.8 Å². The second-order valence-electron chi connectivity index (χ2n) is 4.70. The second kappa shape index (κ2) is 5.27. The fourth-order valence-electron chi connectivity index (χ4n) is 2.47. The van der Waals surface area contributed by atoms with Crippen LogP contribution in [0.1, 0.15) is 24.6 Å². The van der Waals surface area contributed by atoms with Crippen molar-refractivity contribution in [1.29, 1.82) is 0 Å². The quantitative estimate of drug-likeness (QED) is 0.820. The normalized spacial score (nSPS) is 18.0. The standard InChI is InChI=1S/C13H17N5/c1-2-6-15-12(3-1)9-17-7-4-13(5-8-17)18-11-14-10-16-18/h1-3,6,10-11,13H,4-5,7-9H2. The molecule has 0 radical (unpaired) electrons. The highest BCUT2D eigenvalue weighted by atomic mass is 15.3. The summed E-state index contributed by atoms with van der Waals surface area (Å²) in [6.07, 6.45) is 7.56. The van der Waals surface area contributed by atoms with Crippen LogP contribution in [0, 0.1) is 0 Å². The Labute approximate surface area is 106 Å². The van der Waals surface area contributed by atoms with Gasteiger partial charge in [0.1, 0.15) is 12.7 Å². The summed E-state index contributed by atoms with van der Waals surface area (Å²) in [6, 6.07) is 6.60. The molecule has 5 nitrogen and oxygen atoms in total. The van der Waals surface area contributed by atoms with Crippen molar-refractivity contribution in [3.63, 3.8) is 0 Å². The van der Waals surface area contributed by atoms with Crippen molar-refractivity contribution in [3.05, 3.63) is 42.7 Å². The molecule has 0 spiro atoms. The van der Waals surface area contributed by atoms with Crippen LogP contribution < -0.4 is 0 Å². The Bertz CT molecular complexity index is 459. The summed E-state index contributed by atoms with van der Waals surface area (Å²) in [6.45, 7) is 3.15. The molecular formula is C13H17N5. The van der Waals surface area contributed by atoms with Crippen molar-refractivity contribution in [2.24, 2.45) is 0 Å². The predicted octanol–water partition coefficient (Wildman–Crippen LogP) is 1.51. The largest absolute Gasteiger partial charge is 0.297 e. The minimum Gasteiger partial charge on any atom is -0.297 e. The molecule has 5 heteroatoms. The Morgan fingerprint density at radius 3 is 2.78 bits per heavy atom. The van der Waals surface area contributed by atoms with Crippen LogP contribution in [0.15, 0.2) is 37.1 Å². The SMILES string of the molecule is c1ccc(CN2CCC(n3cncn3)CC2)nc1. The molecule has 0 bridgehead atoms. The van der Waals surface area contributed by atoms with Gasteiger partial charge in [0.05, 0.1) is 11.7 Å². The maximum Gasteiger partial charge on any atom is 0.137 e. The highest BCUT2D eigenvalue weighted by Crippen LogP contribution is 2.21. The first kappa shape index (κ1) is 11.3. The molecular weight excluding hydrogens is 226 g/mol. The molecule has 3 heterocycles. The third-order valence-electron chi connectivity index (χ3n) is 3.48. The molecule has 2 aromatic rings. The maximum atomic E-state index is 4.37. The highest BCUT2D eigenvalue weighted by molar-refractivity contribution is 5.03. The maximum absolute atomic E-state index is 4.37. The molecule has 3 rings (SSSR count). The molecule has 0 atom stereocenters. The number of nitrogens with zero attached hydrogens (tertiary/aromatic N) is 5. The van der Waals surface area contributed by atoms with E-state index < -0.39 is 0 Å². The molecule has 0 aromatic carbocycles. The van der Waals surface area contributed by atoms with Gasteiger partial charge in [0.15, 0.2) is 0 Å². The Morgan fingerprint density at radius 1 is 1.22 bits per heavy atom. The predicted molar refractivity (Wildman–Crippen MR) is 67.8 cm³/mol. The molecule has 18 heavy (non-hydrogen) atoms. The van der Waals surface area contributed by atoms with Crippen LogP contribution in [-0.2, 0) is 6.54 Å². The van der Waals surface area contributed by atoms with Gasteiger partial charge in [0.2, 0.25) is 0 Å². The lowest BCUT2D eigenvalue weighted by atomic mass is 10.1. The monoisotopic (exact) mass is 243 g/mol. The zero-order valence-electron chi connectivity index (χ0n) is 10.3. The van der Waals surface area contributed by atoms with E-state index in [1.165, 1.54) is 0 Å². The third-order valence-corrected chi connectivity index (χ3v) is 3.48. The number of rotatable bonds is 3. The number of aromatic nitrogens is 4. The van der Waals surface area contributed by atoms with Gasteiger partial charge in [-0.3, -0.25) is 9.88 Å². The van der Waals surface area contributed by atoms with E-state index in [2.05, 4.69) is 26.0 Å². The van der Waals surface area contributed by atoms with Gasteiger partial charge in [-0.25, -0.2) is 9.67 Å². The van der Waals surface area contributed by atoms with E-state index in [-0.39, 0.29) is 0 Å². The fraction of sp³-hybridized carbons (Fsp3) is 0.462. The molecule has 0 unspecified atom stereocenters. The van der Waals surface area contributed by atoms with Crippen LogP contribution >= 0.6 is 0 Å². The molecule has 0 N–H and O–H groups in total. The molecule has 2 aromatic heterocycles. The number of pyridine rings is 1. The first-order valence-electron chi connectivity index (χ1n) is 6.38. The van der Waals surface area contributed by atoms with Crippen molar-refractivity contribution >= 4 is 0 Å². The van der Waals surface area contributed by atoms with Crippen LogP contribution in [-0.4, -0.2) is 37.7 Å². The number of hydrogen-bond acceptors (Lipinski definition) is 4. The zero-order valence-corrected chi connectivity index (χ0v) is 10.3. The molecule has 94 valence electrons. The van der Waals surface area contributed by atoms with Gasteiger partial charge in [-0.2, -0.15) is 5.10 Å². The van der Waals surface area contributed by atoms with E-state index in [1.54, 1.807) is 6.33 Å². The van der Waals surface area contributed by atoms with Gasteiger partial charge >= 0.3 is 0 Å². The fourth-order valence-corrected chi connectivity index (χ4v) is 2.47. The van der Waals surface area contributed by atoms with E-state index >= 15 is 0 Å². The van der Waals surface area contributed by atoms with Gasteiger partial charge in [-0.05, 0) is 25.0 Å². The van der Waals surface area contributed by atoms with Crippen molar-refractivity contribution < 1.29 is 0 Å². The summed E-state index contributed by atoms with van der Waals surface area (Å²) in [5.74, 6) is 0. The molecule has 0 aliphatic carbocycles. The first-order chi connectivity index (χ1) is 8.92. The van der Waals surface area contributed by atoms with E-state index in [0.717, 1.165) is 38.2 Å². The van der Waals surface area contributed by atoms with Crippen LogP contribution in [0.5, 0.6) is 0 Å². The Hall–Kier alpha value is -1.75. The van der Waals surface area contributed by atoms with Gasteiger partial charge in [-0.1, -0.05) is 6.07 Å². The Balaban J connectivity index is 1.54. The first-order valence-corrected chi connectivity index (χ1v) is 6.38. The van der Waals surface area contributed by atoms with Gasteiger partial charge < -0.3 is 0 Å².